The summed E-state index contributed by atoms with van der Waals surface area (Å²) in [4.78, 5) is 0. The van der Waals surface area contributed by atoms with Crippen LogP contribution in [0.5, 0.6) is 0 Å². The summed E-state index contributed by atoms with van der Waals surface area (Å²) in [5, 5.41) is 3.46. The Bertz CT molecular complexity index is 304. The van der Waals surface area contributed by atoms with Crippen molar-refractivity contribution in [1.82, 2.24) is 5.32 Å². The molecule has 88 valence electrons. The lowest BCUT2D eigenvalue weighted by Gasteiger charge is -2.30. The van der Waals surface area contributed by atoms with Crippen LogP contribution in [0.1, 0.15) is 38.4 Å². The van der Waals surface area contributed by atoms with E-state index in [1.54, 1.807) is 0 Å². The zero-order valence-corrected chi connectivity index (χ0v) is 10.1. The maximum atomic E-state index is 6.06. The van der Waals surface area contributed by atoms with Gasteiger partial charge in [-0.3, -0.25) is 0 Å². The maximum absolute atomic E-state index is 6.06. The molecule has 0 saturated carbocycles. The van der Waals surface area contributed by atoms with E-state index in [4.69, 9.17) is 4.74 Å². The summed E-state index contributed by atoms with van der Waals surface area (Å²) < 4.78 is 6.06. The van der Waals surface area contributed by atoms with Gasteiger partial charge in [0, 0.05) is 12.6 Å². The quantitative estimate of drug-likeness (QED) is 0.844. The van der Waals surface area contributed by atoms with Crippen molar-refractivity contribution in [3.63, 3.8) is 0 Å². The van der Waals surface area contributed by atoms with Crippen LogP contribution in [-0.2, 0) is 4.74 Å². The van der Waals surface area contributed by atoms with Crippen LogP contribution in [0.3, 0.4) is 0 Å². The molecule has 16 heavy (non-hydrogen) atoms. The van der Waals surface area contributed by atoms with Gasteiger partial charge in [-0.15, -0.1) is 0 Å². The predicted octanol–water partition coefficient (Wildman–Crippen LogP) is 2.90. The van der Waals surface area contributed by atoms with Crippen LogP contribution in [0.2, 0.25) is 0 Å². The van der Waals surface area contributed by atoms with Gasteiger partial charge in [0.15, 0.2) is 0 Å². The summed E-state index contributed by atoms with van der Waals surface area (Å²) in [5.41, 5.74) is 1.26. The number of piperidine rings is 1. The minimum Gasteiger partial charge on any atom is -0.369 e. The van der Waals surface area contributed by atoms with Crippen molar-refractivity contribution in [2.24, 2.45) is 0 Å². The van der Waals surface area contributed by atoms with E-state index in [0.717, 1.165) is 6.54 Å². The third-order valence-corrected chi connectivity index (χ3v) is 3.28. The first-order valence-corrected chi connectivity index (χ1v) is 6.19. The minimum atomic E-state index is 0.196. The lowest BCUT2D eigenvalue weighted by Crippen LogP contribution is -2.41. The topological polar surface area (TPSA) is 21.3 Å². The van der Waals surface area contributed by atoms with Gasteiger partial charge in [0.05, 0.1) is 12.2 Å². The Kier molecular flexibility index (Phi) is 3.97. The molecule has 0 amide bonds. The highest BCUT2D eigenvalue weighted by Crippen LogP contribution is 2.21. The van der Waals surface area contributed by atoms with E-state index in [1.165, 1.54) is 18.4 Å². The van der Waals surface area contributed by atoms with Crippen LogP contribution in [0, 0.1) is 0 Å². The molecule has 2 rings (SSSR count). The van der Waals surface area contributed by atoms with Crippen molar-refractivity contribution >= 4 is 0 Å². The van der Waals surface area contributed by atoms with Crippen molar-refractivity contribution in [2.75, 3.05) is 6.54 Å². The first kappa shape index (κ1) is 11.6. The largest absolute Gasteiger partial charge is 0.369 e. The second-order valence-corrected chi connectivity index (χ2v) is 4.70. The molecule has 0 bridgehead atoms. The number of benzene rings is 1. The molecule has 1 aromatic carbocycles. The van der Waals surface area contributed by atoms with Crippen molar-refractivity contribution in [3.05, 3.63) is 35.9 Å². The summed E-state index contributed by atoms with van der Waals surface area (Å²) in [5.74, 6) is 0. The average Bonchev–Trinajstić information content (AvgIpc) is 2.33. The van der Waals surface area contributed by atoms with Crippen LogP contribution >= 0.6 is 0 Å². The maximum Gasteiger partial charge on any atom is 0.0801 e. The summed E-state index contributed by atoms with van der Waals surface area (Å²) in [7, 11) is 0. The van der Waals surface area contributed by atoms with E-state index in [-0.39, 0.29) is 6.10 Å². The fraction of sp³-hybridized carbons (Fsp3) is 0.571. The molecule has 1 heterocycles. The summed E-state index contributed by atoms with van der Waals surface area (Å²) in [6.45, 7) is 5.35. The smallest absolute Gasteiger partial charge is 0.0801 e. The van der Waals surface area contributed by atoms with E-state index in [2.05, 4.69) is 43.4 Å². The molecular formula is C14H21NO. The Morgan fingerprint density at radius 1 is 1.25 bits per heavy atom. The second-order valence-electron chi connectivity index (χ2n) is 4.70. The third-order valence-electron chi connectivity index (χ3n) is 3.28. The monoisotopic (exact) mass is 219 g/mol. The van der Waals surface area contributed by atoms with Gasteiger partial charge < -0.3 is 10.1 Å². The molecule has 2 nitrogen and oxygen atoms in total. The van der Waals surface area contributed by atoms with Crippen molar-refractivity contribution < 1.29 is 4.74 Å². The van der Waals surface area contributed by atoms with Crippen LogP contribution in [0.25, 0.3) is 0 Å². The fourth-order valence-electron chi connectivity index (χ4n) is 2.18. The van der Waals surface area contributed by atoms with Gasteiger partial charge in [-0.05, 0) is 32.3 Å². The molecule has 3 atom stereocenters. The summed E-state index contributed by atoms with van der Waals surface area (Å²) >= 11 is 0. The normalized spacial score (nSPS) is 27.6. The van der Waals surface area contributed by atoms with Gasteiger partial charge in [-0.2, -0.15) is 0 Å². The standard InChI is InChI=1S/C14H21NO/c1-11-8-9-14(10-15-11)16-12(2)13-6-4-3-5-7-13/h3-7,11-12,14-15H,8-10H2,1-2H3. The first-order valence-electron chi connectivity index (χ1n) is 6.19. The Morgan fingerprint density at radius 3 is 2.62 bits per heavy atom. The van der Waals surface area contributed by atoms with Gasteiger partial charge in [0.25, 0.3) is 0 Å². The summed E-state index contributed by atoms with van der Waals surface area (Å²) in [6, 6.07) is 11.1. The van der Waals surface area contributed by atoms with Gasteiger partial charge in [-0.1, -0.05) is 30.3 Å². The molecule has 1 saturated heterocycles. The van der Waals surface area contributed by atoms with Crippen LogP contribution in [0.4, 0.5) is 0 Å². The number of hydrogen-bond donors (Lipinski definition) is 1. The highest BCUT2D eigenvalue weighted by Gasteiger charge is 2.20. The zero-order chi connectivity index (χ0) is 11.4. The molecule has 3 unspecified atom stereocenters. The molecule has 1 aromatic rings. The molecule has 1 N–H and O–H groups in total. The van der Waals surface area contributed by atoms with Crippen LogP contribution in [-0.4, -0.2) is 18.7 Å². The van der Waals surface area contributed by atoms with Crippen LogP contribution in [0.15, 0.2) is 30.3 Å². The van der Waals surface area contributed by atoms with Gasteiger partial charge >= 0.3 is 0 Å². The van der Waals surface area contributed by atoms with Crippen molar-refractivity contribution in [1.29, 1.82) is 0 Å². The SMILES string of the molecule is CC1CCC(OC(C)c2ccccc2)CN1. The second kappa shape index (κ2) is 5.46. The molecule has 1 aliphatic rings. The van der Waals surface area contributed by atoms with E-state index in [1.807, 2.05) is 6.07 Å². The van der Waals surface area contributed by atoms with Gasteiger partial charge in [0.2, 0.25) is 0 Å². The Morgan fingerprint density at radius 2 is 2.00 bits per heavy atom. The number of nitrogens with one attached hydrogen (secondary N) is 1. The van der Waals surface area contributed by atoms with E-state index in [9.17, 15) is 0 Å². The molecule has 0 aliphatic carbocycles. The zero-order valence-electron chi connectivity index (χ0n) is 10.1. The van der Waals surface area contributed by atoms with E-state index < -0.39 is 0 Å². The average molecular weight is 219 g/mol. The Labute approximate surface area is 98.0 Å². The lowest BCUT2D eigenvalue weighted by atomic mass is 10.0. The minimum absolute atomic E-state index is 0.196. The Balaban J connectivity index is 1.86. The highest BCUT2D eigenvalue weighted by atomic mass is 16.5. The van der Waals surface area contributed by atoms with E-state index >= 15 is 0 Å². The third kappa shape index (κ3) is 3.06. The molecule has 1 fully saturated rings. The first-order chi connectivity index (χ1) is 7.75. The number of ether oxygens (including phenoxy) is 1. The molecule has 0 radical (unpaired) electrons. The Hall–Kier alpha value is -0.860. The van der Waals surface area contributed by atoms with Gasteiger partial charge in [0.1, 0.15) is 0 Å². The molecule has 0 spiro atoms. The highest BCUT2D eigenvalue weighted by molar-refractivity contribution is 5.16. The number of rotatable bonds is 3. The molecular weight excluding hydrogens is 198 g/mol. The molecule has 0 aromatic heterocycles. The predicted molar refractivity (Wildman–Crippen MR) is 66.4 cm³/mol. The van der Waals surface area contributed by atoms with Crippen molar-refractivity contribution in [3.8, 4) is 0 Å². The fourth-order valence-corrected chi connectivity index (χ4v) is 2.18. The molecule has 2 heteroatoms. The molecule has 1 aliphatic heterocycles. The van der Waals surface area contributed by atoms with Gasteiger partial charge in [-0.25, -0.2) is 0 Å². The van der Waals surface area contributed by atoms with Crippen molar-refractivity contribution in [2.45, 2.75) is 44.9 Å². The lowest BCUT2D eigenvalue weighted by molar-refractivity contribution is -0.0194. The summed E-state index contributed by atoms with van der Waals surface area (Å²) in [6.07, 6.45) is 2.95. The van der Waals surface area contributed by atoms with E-state index in [0.29, 0.717) is 12.1 Å². The van der Waals surface area contributed by atoms with Crippen LogP contribution < -0.4 is 5.32 Å². The number of hydrogen-bond acceptors (Lipinski definition) is 2.